The fraction of sp³-hybridized carbons (Fsp3) is 0.200. The molecule has 0 spiro atoms. The van der Waals surface area contributed by atoms with Crippen molar-refractivity contribution < 1.29 is 0 Å². The molecular weight excluding hydrogens is 288 g/mol. The number of anilines is 2. The summed E-state index contributed by atoms with van der Waals surface area (Å²) in [4.78, 5) is 11.6. The Hall–Kier alpha value is -1.14. The molecule has 0 unspecified atom stereocenters. The predicted molar refractivity (Wildman–Crippen MR) is 70.6 cm³/mol. The van der Waals surface area contributed by atoms with Crippen LogP contribution >= 0.6 is 27.3 Å². The lowest BCUT2D eigenvalue weighted by Gasteiger charge is -2.15. The molecule has 0 aliphatic carbocycles. The Morgan fingerprint density at radius 1 is 1.44 bits per heavy atom. The van der Waals surface area contributed by atoms with Gasteiger partial charge in [-0.25, -0.2) is 9.97 Å². The monoisotopic (exact) mass is 298 g/mol. The average molecular weight is 299 g/mol. The van der Waals surface area contributed by atoms with Crippen molar-refractivity contribution in [3.05, 3.63) is 33.2 Å². The molecule has 0 aliphatic rings. The van der Waals surface area contributed by atoms with Gasteiger partial charge in [-0.3, -0.25) is 0 Å². The van der Waals surface area contributed by atoms with Crippen LogP contribution in [0.4, 0.5) is 11.6 Å². The summed E-state index contributed by atoms with van der Waals surface area (Å²) in [5.41, 5.74) is 6.11. The van der Waals surface area contributed by atoms with Gasteiger partial charge in [-0.05, 0) is 22.0 Å². The first-order chi connectivity index (χ1) is 7.65. The van der Waals surface area contributed by atoms with Gasteiger partial charge in [0.25, 0.3) is 0 Å². The molecule has 0 atom stereocenters. The van der Waals surface area contributed by atoms with E-state index in [1.54, 1.807) is 23.7 Å². The lowest BCUT2D eigenvalue weighted by atomic mass is 10.4. The van der Waals surface area contributed by atoms with E-state index >= 15 is 0 Å². The second kappa shape index (κ2) is 4.80. The summed E-state index contributed by atoms with van der Waals surface area (Å²) in [6.07, 6.45) is 3.23. The highest BCUT2D eigenvalue weighted by Crippen LogP contribution is 2.21. The Kier molecular flexibility index (Phi) is 3.40. The van der Waals surface area contributed by atoms with E-state index in [2.05, 4.69) is 37.3 Å². The maximum atomic E-state index is 5.54. The van der Waals surface area contributed by atoms with Crippen molar-refractivity contribution in [1.29, 1.82) is 0 Å². The van der Waals surface area contributed by atoms with Crippen LogP contribution in [0.5, 0.6) is 0 Å². The molecule has 2 aromatic rings. The molecule has 0 saturated heterocycles. The molecule has 2 rings (SSSR count). The van der Waals surface area contributed by atoms with Crippen LogP contribution in [0, 0.1) is 0 Å². The maximum Gasteiger partial charge on any atom is 0.225 e. The van der Waals surface area contributed by atoms with E-state index in [9.17, 15) is 0 Å². The van der Waals surface area contributed by atoms with Crippen molar-refractivity contribution in [2.75, 3.05) is 17.7 Å². The van der Waals surface area contributed by atoms with Gasteiger partial charge < -0.3 is 10.6 Å². The molecule has 0 aromatic carbocycles. The highest BCUT2D eigenvalue weighted by molar-refractivity contribution is 9.10. The van der Waals surface area contributed by atoms with E-state index in [-0.39, 0.29) is 0 Å². The van der Waals surface area contributed by atoms with Crippen molar-refractivity contribution in [2.24, 2.45) is 0 Å². The van der Waals surface area contributed by atoms with Crippen LogP contribution in [0.1, 0.15) is 4.88 Å². The number of aromatic nitrogens is 2. The summed E-state index contributed by atoms with van der Waals surface area (Å²) >= 11 is 5.14. The molecule has 0 bridgehead atoms. The van der Waals surface area contributed by atoms with Crippen molar-refractivity contribution in [3.63, 3.8) is 0 Å². The maximum absolute atomic E-state index is 5.54. The topological polar surface area (TPSA) is 55.0 Å². The molecule has 0 amide bonds. The van der Waals surface area contributed by atoms with Crippen LogP contribution in [0.15, 0.2) is 28.3 Å². The molecule has 0 aliphatic heterocycles. The normalized spacial score (nSPS) is 10.4. The highest BCUT2D eigenvalue weighted by atomic mass is 79.9. The largest absolute Gasteiger partial charge is 0.396 e. The van der Waals surface area contributed by atoms with Gasteiger partial charge in [0.1, 0.15) is 0 Å². The summed E-state index contributed by atoms with van der Waals surface area (Å²) < 4.78 is 1.11. The Bertz CT molecular complexity index is 468. The SMILES string of the molecule is CN(Cc1cc(Br)cs1)c1ncc(N)cn1. The smallest absolute Gasteiger partial charge is 0.225 e. The van der Waals surface area contributed by atoms with Crippen LogP contribution in [0.2, 0.25) is 0 Å². The van der Waals surface area contributed by atoms with Crippen molar-refractivity contribution in [3.8, 4) is 0 Å². The van der Waals surface area contributed by atoms with Crippen LogP contribution in [-0.2, 0) is 6.54 Å². The second-order valence-electron chi connectivity index (χ2n) is 3.40. The minimum absolute atomic E-state index is 0.580. The van der Waals surface area contributed by atoms with Crippen LogP contribution < -0.4 is 10.6 Å². The molecular formula is C10H11BrN4S. The number of nitrogen functional groups attached to an aromatic ring is 1. The van der Waals surface area contributed by atoms with E-state index in [4.69, 9.17) is 5.73 Å². The number of hydrogen-bond donors (Lipinski definition) is 1. The van der Waals surface area contributed by atoms with Gasteiger partial charge in [-0.2, -0.15) is 0 Å². The Morgan fingerprint density at radius 3 is 2.69 bits per heavy atom. The molecule has 16 heavy (non-hydrogen) atoms. The number of nitrogens with two attached hydrogens (primary N) is 1. The molecule has 0 fully saturated rings. The third-order valence-corrected chi connectivity index (χ3v) is 3.70. The number of halogens is 1. The van der Waals surface area contributed by atoms with Crippen LogP contribution in [0.25, 0.3) is 0 Å². The van der Waals surface area contributed by atoms with Crippen LogP contribution in [-0.4, -0.2) is 17.0 Å². The Labute approximate surface area is 106 Å². The van der Waals surface area contributed by atoms with E-state index in [0.717, 1.165) is 11.0 Å². The lowest BCUT2D eigenvalue weighted by Crippen LogP contribution is -2.18. The number of rotatable bonds is 3. The van der Waals surface area contributed by atoms with E-state index < -0.39 is 0 Å². The summed E-state index contributed by atoms with van der Waals surface area (Å²) in [5, 5.41) is 2.06. The van der Waals surface area contributed by atoms with E-state index in [1.165, 1.54) is 4.88 Å². The molecule has 2 heterocycles. The fourth-order valence-electron chi connectivity index (χ4n) is 1.27. The zero-order valence-electron chi connectivity index (χ0n) is 8.72. The van der Waals surface area contributed by atoms with Crippen molar-refractivity contribution in [1.82, 2.24) is 9.97 Å². The Morgan fingerprint density at radius 2 is 2.12 bits per heavy atom. The quantitative estimate of drug-likeness (QED) is 0.946. The summed E-state index contributed by atoms with van der Waals surface area (Å²) in [6.45, 7) is 0.792. The molecule has 4 nitrogen and oxygen atoms in total. The number of thiophene rings is 1. The standard InChI is InChI=1S/C10H11BrN4S/c1-15(5-9-2-7(11)6-16-9)10-13-3-8(12)4-14-10/h2-4,6H,5,12H2,1H3. The number of hydrogen-bond acceptors (Lipinski definition) is 5. The molecule has 6 heteroatoms. The molecule has 84 valence electrons. The van der Waals surface area contributed by atoms with Gasteiger partial charge in [-0.15, -0.1) is 11.3 Å². The summed E-state index contributed by atoms with van der Waals surface area (Å²) in [6, 6.07) is 2.10. The minimum atomic E-state index is 0.580. The first-order valence-electron chi connectivity index (χ1n) is 4.67. The van der Waals surface area contributed by atoms with Gasteiger partial charge in [0.2, 0.25) is 5.95 Å². The zero-order valence-corrected chi connectivity index (χ0v) is 11.1. The molecule has 2 aromatic heterocycles. The summed E-state index contributed by atoms with van der Waals surface area (Å²) in [5.74, 6) is 0.679. The first-order valence-corrected chi connectivity index (χ1v) is 6.34. The van der Waals surface area contributed by atoms with Gasteiger partial charge in [-0.1, -0.05) is 0 Å². The van der Waals surface area contributed by atoms with Gasteiger partial charge >= 0.3 is 0 Å². The molecule has 0 radical (unpaired) electrons. The van der Waals surface area contributed by atoms with Gasteiger partial charge in [0.15, 0.2) is 0 Å². The van der Waals surface area contributed by atoms with Crippen molar-refractivity contribution >= 4 is 38.9 Å². The number of nitrogens with zero attached hydrogens (tertiary/aromatic N) is 3. The van der Waals surface area contributed by atoms with E-state index in [1.807, 2.05) is 11.9 Å². The lowest BCUT2D eigenvalue weighted by molar-refractivity contribution is 0.879. The van der Waals surface area contributed by atoms with Crippen LogP contribution in [0.3, 0.4) is 0 Å². The van der Waals surface area contributed by atoms with Crippen molar-refractivity contribution in [2.45, 2.75) is 6.54 Å². The summed E-state index contributed by atoms with van der Waals surface area (Å²) in [7, 11) is 1.96. The Balaban J connectivity index is 2.08. The predicted octanol–water partition coefficient (Wildman–Crippen LogP) is 2.52. The fourth-order valence-corrected chi connectivity index (χ4v) is 2.77. The first kappa shape index (κ1) is 11.3. The molecule has 2 N–H and O–H groups in total. The molecule has 0 saturated carbocycles. The third-order valence-electron chi connectivity index (χ3n) is 2.01. The second-order valence-corrected chi connectivity index (χ2v) is 5.32. The minimum Gasteiger partial charge on any atom is -0.396 e. The van der Waals surface area contributed by atoms with Gasteiger partial charge in [0.05, 0.1) is 24.6 Å². The average Bonchev–Trinajstić information content (AvgIpc) is 2.65. The highest BCUT2D eigenvalue weighted by Gasteiger charge is 2.06. The zero-order chi connectivity index (χ0) is 11.5. The third kappa shape index (κ3) is 2.70. The van der Waals surface area contributed by atoms with E-state index in [0.29, 0.717) is 11.6 Å². The van der Waals surface area contributed by atoms with Gasteiger partial charge in [0, 0.05) is 21.8 Å².